The molecule has 0 aromatic heterocycles. The molecule has 3 nitrogen and oxygen atoms in total. The summed E-state index contributed by atoms with van der Waals surface area (Å²) in [7, 11) is 0. The summed E-state index contributed by atoms with van der Waals surface area (Å²) in [6, 6.07) is 8.68. The van der Waals surface area contributed by atoms with Gasteiger partial charge in [0.2, 0.25) is 0 Å². The molecule has 0 aliphatic carbocycles. The van der Waals surface area contributed by atoms with Crippen molar-refractivity contribution in [2.45, 2.75) is 38.8 Å². The second-order valence-corrected chi connectivity index (χ2v) is 6.19. The van der Waals surface area contributed by atoms with E-state index in [9.17, 15) is 0 Å². The lowest BCUT2D eigenvalue weighted by Crippen LogP contribution is -2.48. The number of aryl methyl sites for hydroxylation is 1. The van der Waals surface area contributed by atoms with Crippen LogP contribution in [0.25, 0.3) is 0 Å². The van der Waals surface area contributed by atoms with E-state index in [4.69, 9.17) is 10.5 Å². The molecule has 0 saturated carbocycles. The van der Waals surface area contributed by atoms with Gasteiger partial charge in [0, 0.05) is 25.7 Å². The van der Waals surface area contributed by atoms with Gasteiger partial charge in [-0.1, -0.05) is 29.8 Å². The van der Waals surface area contributed by atoms with Crippen LogP contribution in [0.4, 0.5) is 0 Å². The molecule has 1 saturated heterocycles. The summed E-state index contributed by atoms with van der Waals surface area (Å²) in [5.41, 5.74) is 8.77. The van der Waals surface area contributed by atoms with Crippen LogP contribution in [0.15, 0.2) is 24.3 Å². The smallest absolute Gasteiger partial charge is 0.0753 e. The maximum Gasteiger partial charge on any atom is 0.0753 e. The van der Waals surface area contributed by atoms with Crippen molar-refractivity contribution in [2.24, 2.45) is 5.73 Å². The van der Waals surface area contributed by atoms with Gasteiger partial charge in [0.15, 0.2) is 0 Å². The van der Waals surface area contributed by atoms with Crippen LogP contribution in [-0.2, 0) is 4.74 Å². The van der Waals surface area contributed by atoms with Crippen molar-refractivity contribution in [1.82, 2.24) is 4.90 Å². The van der Waals surface area contributed by atoms with Gasteiger partial charge in [-0.3, -0.25) is 4.90 Å². The quantitative estimate of drug-likeness (QED) is 0.906. The van der Waals surface area contributed by atoms with Crippen LogP contribution >= 0.6 is 0 Å². The highest BCUT2D eigenvalue weighted by Crippen LogP contribution is 2.19. The molecule has 1 heterocycles. The van der Waals surface area contributed by atoms with Gasteiger partial charge in [0.25, 0.3) is 0 Å². The maximum atomic E-state index is 6.27. The Bertz CT molecular complexity index is 400. The molecule has 0 amide bonds. The largest absolute Gasteiger partial charge is 0.373 e. The van der Waals surface area contributed by atoms with E-state index in [0.29, 0.717) is 0 Å². The Morgan fingerprint density at radius 3 is 2.63 bits per heavy atom. The van der Waals surface area contributed by atoms with Crippen LogP contribution in [-0.4, -0.2) is 36.7 Å². The first-order valence-corrected chi connectivity index (χ1v) is 7.15. The Balaban J connectivity index is 1.83. The molecule has 2 rings (SSSR count). The fourth-order valence-corrected chi connectivity index (χ4v) is 2.61. The van der Waals surface area contributed by atoms with Crippen molar-refractivity contribution in [1.29, 1.82) is 0 Å². The van der Waals surface area contributed by atoms with Gasteiger partial charge in [-0.2, -0.15) is 0 Å². The van der Waals surface area contributed by atoms with Gasteiger partial charge >= 0.3 is 0 Å². The lowest BCUT2D eigenvalue weighted by molar-refractivity contribution is -0.0863. The first kappa shape index (κ1) is 14.5. The molecule has 1 aromatic rings. The van der Waals surface area contributed by atoms with Crippen LogP contribution in [0.5, 0.6) is 0 Å². The highest BCUT2D eigenvalue weighted by molar-refractivity contribution is 5.23. The van der Waals surface area contributed by atoms with E-state index in [1.807, 2.05) is 0 Å². The zero-order valence-corrected chi connectivity index (χ0v) is 12.4. The summed E-state index contributed by atoms with van der Waals surface area (Å²) in [6.45, 7) is 10.3. The van der Waals surface area contributed by atoms with E-state index in [-0.39, 0.29) is 11.6 Å². The third kappa shape index (κ3) is 4.30. The SMILES string of the molecule is Cc1ccc(C(N)CCN2CCOC(C)(C)C2)cc1. The number of nitrogens with zero attached hydrogens (tertiary/aromatic N) is 1. The van der Waals surface area contributed by atoms with Crippen LogP contribution in [0.2, 0.25) is 0 Å². The summed E-state index contributed by atoms with van der Waals surface area (Å²) in [6.07, 6.45) is 0.999. The summed E-state index contributed by atoms with van der Waals surface area (Å²) in [4.78, 5) is 2.46. The van der Waals surface area contributed by atoms with Crippen molar-refractivity contribution < 1.29 is 4.74 Å². The normalized spacial score (nSPS) is 21.3. The zero-order chi connectivity index (χ0) is 13.9. The Labute approximate surface area is 116 Å². The van der Waals surface area contributed by atoms with E-state index >= 15 is 0 Å². The highest BCUT2D eigenvalue weighted by Gasteiger charge is 2.26. The van der Waals surface area contributed by atoms with Crippen LogP contribution in [0.1, 0.15) is 37.4 Å². The lowest BCUT2D eigenvalue weighted by Gasteiger charge is -2.38. The Morgan fingerprint density at radius 1 is 1.32 bits per heavy atom. The molecule has 0 spiro atoms. The summed E-state index contributed by atoms with van der Waals surface area (Å²) in [5.74, 6) is 0. The zero-order valence-electron chi connectivity index (χ0n) is 12.4. The topological polar surface area (TPSA) is 38.5 Å². The molecule has 19 heavy (non-hydrogen) atoms. The molecule has 1 atom stereocenters. The third-order valence-corrected chi connectivity index (χ3v) is 3.77. The van der Waals surface area contributed by atoms with E-state index in [1.54, 1.807) is 0 Å². The molecule has 1 aliphatic rings. The minimum atomic E-state index is -0.0216. The fraction of sp³-hybridized carbons (Fsp3) is 0.625. The van der Waals surface area contributed by atoms with Gasteiger partial charge < -0.3 is 10.5 Å². The van der Waals surface area contributed by atoms with E-state index in [2.05, 4.69) is 49.9 Å². The van der Waals surface area contributed by atoms with Crippen molar-refractivity contribution in [3.8, 4) is 0 Å². The van der Waals surface area contributed by atoms with Crippen molar-refractivity contribution >= 4 is 0 Å². The Hall–Kier alpha value is -0.900. The van der Waals surface area contributed by atoms with Crippen LogP contribution in [0.3, 0.4) is 0 Å². The highest BCUT2D eigenvalue weighted by atomic mass is 16.5. The second-order valence-electron chi connectivity index (χ2n) is 6.19. The molecule has 1 aromatic carbocycles. The molecule has 106 valence electrons. The predicted octanol–water partition coefficient (Wildman–Crippen LogP) is 2.50. The van der Waals surface area contributed by atoms with Gasteiger partial charge in [-0.05, 0) is 32.8 Å². The maximum absolute atomic E-state index is 6.27. The molecule has 1 unspecified atom stereocenters. The van der Waals surface area contributed by atoms with E-state index in [1.165, 1.54) is 11.1 Å². The van der Waals surface area contributed by atoms with Crippen molar-refractivity contribution in [3.63, 3.8) is 0 Å². The number of rotatable bonds is 4. The number of ether oxygens (including phenoxy) is 1. The summed E-state index contributed by atoms with van der Waals surface area (Å²) >= 11 is 0. The first-order valence-electron chi connectivity index (χ1n) is 7.15. The summed E-state index contributed by atoms with van der Waals surface area (Å²) < 4.78 is 5.73. The van der Waals surface area contributed by atoms with E-state index < -0.39 is 0 Å². The average molecular weight is 262 g/mol. The third-order valence-electron chi connectivity index (χ3n) is 3.77. The number of morpholine rings is 1. The van der Waals surface area contributed by atoms with Gasteiger partial charge in [-0.25, -0.2) is 0 Å². The Kier molecular flexibility index (Phi) is 4.61. The van der Waals surface area contributed by atoms with Crippen molar-refractivity contribution in [2.75, 3.05) is 26.2 Å². The average Bonchev–Trinajstić information content (AvgIpc) is 2.36. The Morgan fingerprint density at radius 2 is 2.00 bits per heavy atom. The fourth-order valence-electron chi connectivity index (χ4n) is 2.61. The molecule has 0 bridgehead atoms. The molecular formula is C16H26N2O. The molecular weight excluding hydrogens is 236 g/mol. The molecule has 1 aliphatic heterocycles. The second kappa shape index (κ2) is 6.04. The number of nitrogens with two attached hydrogens (primary N) is 1. The van der Waals surface area contributed by atoms with Crippen LogP contribution in [0, 0.1) is 6.92 Å². The standard InChI is InChI=1S/C16H26N2O/c1-13-4-6-14(7-5-13)15(17)8-9-18-10-11-19-16(2,3)12-18/h4-7,15H,8-12,17H2,1-3H3. The molecule has 1 fully saturated rings. The minimum Gasteiger partial charge on any atom is -0.373 e. The molecule has 0 radical (unpaired) electrons. The molecule has 2 N–H and O–H groups in total. The summed E-state index contributed by atoms with van der Waals surface area (Å²) in [5, 5.41) is 0. The first-order chi connectivity index (χ1) is 8.96. The molecule has 3 heteroatoms. The van der Waals surface area contributed by atoms with Gasteiger partial charge in [-0.15, -0.1) is 0 Å². The monoisotopic (exact) mass is 262 g/mol. The van der Waals surface area contributed by atoms with E-state index in [0.717, 1.165) is 32.7 Å². The van der Waals surface area contributed by atoms with Gasteiger partial charge in [0.05, 0.1) is 12.2 Å². The van der Waals surface area contributed by atoms with Gasteiger partial charge in [0.1, 0.15) is 0 Å². The minimum absolute atomic E-state index is 0.0216. The van der Waals surface area contributed by atoms with Crippen LogP contribution < -0.4 is 5.73 Å². The number of hydrogen-bond donors (Lipinski definition) is 1. The predicted molar refractivity (Wildman–Crippen MR) is 79.2 cm³/mol. The van der Waals surface area contributed by atoms with Crippen molar-refractivity contribution in [3.05, 3.63) is 35.4 Å². The number of benzene rings is 1. The lowest BCUT2D eigenvalue weighted by atomic mass is 10.0. The number of hydrogen-bond acceptors (Lipinski definition) is 3.